The van der Waals surface area contributed by atoms with Crippen LogP contribution in [0.15, 0.2) is 18.2 Å². The molecule has 0 spiro atoms. The van der Waals surface area contributed by atoms with Gasteiger partial charge in [-0.25, -0.2) is 4.79 Å². The van der Waals surface area contributed by atoms with Gasteiger partial charge in [-0.3, -0.25) is 14.5 Å². The lowest BCUT2D eigenvalue weighted by molar-refractivity contribution is -0.130. The van der Waals surface area contributed by atoms with Gasteiger partial charge < -0.3 is 10.6 Å². The van der Waals surface area contributed by atoms with Crippen LogP contribution in [0, 0.1) is 0 Å². The minimum Gasteiger partial charge on any atom is -0.326 e. The van der Waals surface area contributed by atoms with Gasteiger partial charge >= 0.3 is 6.03 Å². The van der Waals surface area contributed by atoms with E-state index in [0.717, 1.165) is 27.5 Å². The van der Waals surface area contributed by atoms with Crippen LogP contribution in [0.3, 0.4) is 0 Å². The number of nitrogens with zero attached hydrogens (tertiary/aromatic N) is 1. The first-order chi connectivity index (χ1) is 12.8. The number of carbonyl (C=O) groups excluding carboxylic acids is 3. The molecule has 0 aromatic heterocycles. The number of imide groups is 1. The Morgan fingerprint density at radius 1 is 1.19 bits per heavy atom. The van der Waals surface area contributed by atoms with E-state index in [9.17, 15) is 14.4 Å². The van der Waals surface area contributed by atoms with E-state index < -0.39 is 12.1 Å². The number of nitrogens with one attached hydrogen (secondary N) is 2. The summed E-state index contributed by atoms with van der Waals surface area (Å²) in [6, 6.07) is 4.96. The van der Waals surface area contributed by atoms with Crippen LogP contribution in [-0.4, -0.2) is 47.3 Å². The summed E-state index contributed by atoms with van der Waals surface area (Å²) in [6.07, 6.45) is 2.52. The van der Waals surface area contributed by atoms with Crippen molar-refractivity contribution >= 4 is 35.3 Å². The van der Waals surface area contributed by atoms with Crippen molar-refractivity contribution in [1.29, 1.82) is 0 Å². The molecule has 1 aromatic carbocycles. The topological polar surface area (TPSA) is 78.5 Å². The summed E-state index contributed by atoms with van der Waals surface area (Å²) in [6.45, 7) is 8.02. The molecule has 1 aliphatic heterocycles. The smallest absolute Gasteiger partial charge is 0.325 e. The maximum atomic E-state index is 12.6. The fourth-order valence-corrected chi connectivity index (χ4v) is 3.65. The Labute approximate surface area is 165 Å². The van der Waals surface area contributed by atoms with Crippen LogP contribution < -0.4 is 10.6 Å². The van der Waals surface area contributed by atoms with Crippen molar-refractivity contribution in [3.8, 4) is 0 Å². The summed E-state index contributed by atoms with van der Waals surface area (Å²) in [5.74, 6) is 0.568. The number of hydrogen-bond acceptors (Lipinski definition) is 4. The Morgan fingerprint density at radius 3 is 2.30 bits per heavy atom. The van der Waals surface area contributed by atoms with E-state index in [2.05, 4.69) is 38.3 Å². The van der Waals surface area contributed by atoms with Crippen LogP contribution in [0.1, 0.15) is 57.1 Å². The molecule has 0 aliphatic carbocycles. The third kappa shape index (κ3) is 5.03. The summed E-state index contributed by atoms with van der Waals surface area (Å²) in [4.78, 5) is 38.2. The van der Waals surface area contributed by atoms with E-state index in [0.29, 0.717) is 6.42 Å². The lowest BCUT2D eigenvalue weighted by Gasteiger charge is -2.21. The number of thioether (sulfide) groups is 1. The van der Waals surface area contributed by atoms with E-state index in [1.807, 2.05) is 24.5 Å². The molecular formula is C20H29N3O3S. The van der Waals surface area contributed by atoms with Gasteiger partial charge in [0.25, 0.3) is 5.91 Å². The fraction of sp³-hybridized carbons (Fsp3) is 0.550. The molecule has 1 aliphatic rings. The number of carbonyl (C=O) groups is 3. The predicted octanol–water partition coefficient (Wildman–Crippen LogP) is 3.55. The van der Waals surface area contributed by atoms with Gasteiger partial charge in [0.15, 0.2) is 0 Å². The van der Waals surface area contributed by atoms with Gasteiger partial charge in [0.2, 0.25) is 5.91 Å². The van der Waals surface area contributed by atoms with Crippen LogP contribution in [0.2, 0.25) is 0 Å². The molecule has 0 unspecified atom stereocenters. The van der Waals surface area contributed by atoms with Crippen LogP contribution in [0.25, 0.3) is 0 Å². The highest BCUT2D eigenvalue weighted by molar-refractivity contribution is 7.98. The molecule has 4 amide bonds. The quantitative estimate of drug-likeness (QED) is 0.664. The standard InChI is InChI=1S/C20H29N3O3S/c1-12(2)14-7-6-8-15(13(3)4)18(14)22-17(24)11-23-19(25)16(9-10-27-5)21-20(23)26/h6-8,12-13,16H,9-11H2,1-5H3,(H,21,26)(H,22,24)/t16-/m1/s1. The molecule has 0 saturated carbocycles. The van der Waals surface area contributed by atoms with Gasteiger partial charge in [-0.15, -0.1) is 0 Å². The number of para-hydroxylation sites is 1. The number of urea groups is 1. The Kier molecular flexibility index (Phi) is 7.30. The Balaban J connectivity index is 2.14. The molecule has 1 fully saturated rings. The average molecular weight is 392 g/mol. The molecule has 27 heavy (non-hydrogen) atoms. The monoisotopic (exact) mass is 391 g/mol. The molecule has 1 aromatic rings. The molecule has 7 heteroatoms. The van der Waals surface area contributed by atoms with Gasteiger partial charge in [0.1, 0.15) is 12.6 Å². The van der Waals surface area contributed by atoms with E-state index in [1.165, 1.54) is 0 Å². The zero-order valence-electron chi connectivity index (χ0n) is 16.7. The number of hydrogen-bond donors (Lipinski definition) is 2. The third-order valence-corrected chi connectivity index (χ3v) is 5.30. The summed E-state index contributed by atoms with van der Waals surface area (Å²) >= 11 is 1.62. The molecule has 2 N–H and O–H groups in total. The molecule has 1 atom stereocenters. The lowest BCUT2D eigenvalue weighted by atomic mass is 9.92. The molecule has 0 bridgehead atoms. The maximum Gasteiger partial charge on any atom is 0.325 e. The van der Waals surface area contributed by atoms with E-state index in [1.54, 1.807) is 11.8 Å². The number of rotatable bonds is 8. The number of anilines is 1. The van der Waals surface area contributed by atoms with Gasteiger partial charge in [0.05, 0.1) is 0 Å². The zero-order chi connectivity index (χ0) is 20.1. The molecule has 1 saturated heterocycles. The molecule has 0 radical (unpaired) electrons. The summed E-state index contributed by atoms with van der Waals surface area (Å²) in [5.41, 5.74) is 2.88. The van der Waals surface area contributed by atoms with Crippen LogP contribution in [0.5, 0.6) is 0 Å². The highest BCUT2D eigenvalue weighted by atomic mass is 32.2. The second-order valence-corrected chi connectivity index (χ2v) is 8.36. The number of amides is 4. The van der Waals surface area contributed by atoms with E-state index in [4.69, 9.17) is 0 Å². The predicted molar refractivity (Wildman–Crippen MR) is 110 cm³/mol. The molecule has 1 heterocycles. The fourth-order valence-electron chi connectivity index (χ4n) is 3.18. The van der Waals surface area contributed by atoms with Crippen molar-refractivity contribution in [2.75, 3.05) is 23.9 Å². The molecule has 2 rings (SSSR count). The normalized spacial score (nSPS) is 17.0. The highest BCUT2D eigenvalue weighted by Crippen LogP contribution is 2.32. The number of benzene rings is 1. The highest BCUT2D eigenvalue weighted by Gasteiger charge is 2.38. The van der Waals surface area contributed by atoms with Gasteiger partial charge in [-0.1, -0.05) is 45.9 Å². The molecular weight excluding hydrogens is 362 g/mol. The summed E-state index contributed by atoms with van der Waals surface area (Å²) in [7, 11) is 0. The Bertz CT molecular complexity index is 692. The SMILES string of the molecule is CSCC[C@H]1NC(=O)N(CC(=O)Nc2c(C(C)C)cccc2C(C)C)C1=O. The van der Waals surface area contributed by atoms with Crippen LogP contribution >= 0.6 is 11.8 Å². The largest absolute Gasteiger partial charge is 0.326 e. The second-order valence-electron chi connectivity index (χ2n) is 7.38. The second kappa shape index (κ2) is 9.26. The first kappa shape index (κ1) is 21.3. The summed E-state index contributed by atoms with van der Waals surface area (Å²) < 4.78 is 0. The molecule has 6 nitrogen and oxygen atoms in total. The zero-order valence-corrected chi connectivity index (χ0v) is 17.5. The van der Waals surface area contributed by atoms with Gasteiger partial charge in [0, 0.05) is 5.69 Å². The first-order valence-corrected chi connectivity index (χ1v) is 10.7. The minimum atomic E-state index is -0.535. The summed E-state index contributed by atoms with van der Waals surface area (Å²) in [5, 5.41) is 5.61. The van der Waals surface area contributed by atoms with Crippen molar-refractivity contribution in [2.24, 2.45) is 0 Å². The van der Waals surface area contributed by atoms with E-state index >= 15 is 0 Å². The Morgan fingerprint density at radius 2 is 1.78 bits per heavy atom. The van der Waals surface area contributed by atoms with Crippen molar-refractivity contribution in [2.45, 2.75) is 52.0 Å². The van der Waals surface area contributed by atoms with Crippen molar-refractivity contribution in [1.82, 2.24) is 10.2 Å². The molecule has 148 valence electrons. The van der Waals surface area contributed by atoms with Crippen molar-refractivity contribution in [3.63, 3.8) is 0 Å². The average Bonchev–Trinajstić information content (AvgIpc) is 2.87. The first-order valence-electron chi connectivity index (χ1n) is 9.29. The maximum absolute atomic E-state index is 12.6. The van der Waals surface area contributed by atoms with E-state index in [-0.39, 0.29) is 30.2 Å². The van der Waals surface area contributed by atoms with Crippen molar-refractivity contribution < 1.29 is 14.4 Å². The minimum absolute atomic E-state index is 0.242. The third-order valence-electron chi connectivity index (χ3n) is 4.66. The lowest BCUT2D eigenvalue weighted by Crippen LogP contribution is -2.38. The van der Waals surface area contributed by atoms with Crippen LogP contribution in [0.4, 0.5) is 10.5 Å². The van der Waals surface area contributed by atoms with Gasteiger partial charge in [-0.2, -0.15) is 11.8 Å². The van der Waals surface area contributed by atoms with Gasteiger partial charge in [-0.05, 0) is 41.4 Å². The Hall–Kier alpha value is -2.02. The van der Waals surface area contributed by atoms with Crippen molar-refractivity contribution in [3.05, 3.63) is 29.3 Å². The van der Waals surface area contributed by atoms with Crippen LogP contribution in [-0.2, 0) is 9.59 Å².